The highest BCUT2D eigenvalue weighted by Crippen LogP contribution is 2.29. The summed E-state index contributed by atoms with van der Waals surface area (Å²) < 4.78 is 11.0. The minimum atomic E-state index is -0.499. The van der Waals surface area contributed by atoms with E-state index in [0.717, 1.165) is 37.5 Å². The Balaban J connectivity index is 1.27. The van der Waals surface area contributed by atoms with E-state index in [9.17, 15) is 5.11 Å². The van der Waals surface area contributed by atoms with Gasteiger partial charge in [-0.2, -0.15) is 0 Å². The Morgan fingerprint density at radius 2 is 1.45 bits per heavy atom. The third kappa shape index (κ3) is 6.65. The molecule has 174 valence electrons. The van der Waals surface area contributed by atoms with E-state index in [2.05, 4.69) is 70.5 Å². The number of ether oxygens (including phenoxy) is 2. The molecule has 33 heavy (non-hydrogen) atoms. The molecule has 4 rings (SSSR count). The standard InChI is InChI=1S/C28H34N2O3/c1-32-27-14-8-9-23(19-27)21-33-22-26(31)20-29-15-17-30(18-16-29)28(24-10-4-2-5-11-24)25-12-6-3-7-13-25/h2-14,19,26,28,31H,15-18,20-22H2,1H3. The van der Waals surface area contributed by atoms with E-state index in [1.165, 1.54) is 11.1 Å². The van der Waals surface area contributed by atoms with Crippen molar-refractivity contribution < 1.29 is 14.6 Å². The van der Waals surface area contributed by atoms with Crippen LogP contribution in [0.25, 0.3) is 0 Å². The molecule has 0 amide bonds. The Labute approximate surface area is 197 Å². The van der Waals surface area contributed by atoms with Crippen molar-refractivity contribution in [2.75, 3.05) is 46.4 Å². The summed E-state index contributed by atoms with van der Waals surface area (Å²) in [5, 5.41) is 10.5. The molecule has 1 N–H and O–H groups in total. The fourth-order valence-electron chi connectivity index (χ4n) is 4.51. The topological polar surface area (TPSA) is 45.2 Å². The maximum Gasteiger partial charge on any atom is 0.119 e. The predicted molar refractivity (Wildman–Crippen MR) is 131 cm³/mol. The van der Waals surface area contributed by atoms with Crippen LogP contribution in [0.2, 0.25) is 0 Å². The molecule has 0 aromatic heterocycles. The van der Waals surface area contributed by atoms with E-state index in [1.54, 1.807) is 7.11 Å². The second kappa shape index (κ2) is 12.0. The highest BCUT2D eigenvalue weighted by Gasteiger charge is 2.27. The number of hydrogen-bond donors (Lipinski definition) is 1. The van der Waals surface area contributed by atoms with E-state index in [0.29, 0.717) is 19.8 Å². The van der Waals surface area contributed by atoms with E-state index >= 15 is 0 Å². The summed E-state index contributed by atoms with van der Waals surface area (Å²) >= 11 is 0. The zero-order valence-corrected chi connectivity index (χ0v) is 19.3. The van der Waals surface area contributed by atoms with Crippen molar-refractivity contribution in [1.29, 1.82) is 0 Å². The average Bonchev–Trinajstić information content (AvgIpc) is 2.87. The molecule has 1 atom stereocenters. The van der Waals surface area contributed by atoms with Gasteiger partial charge in [0.2, 0.25) is 0 Å². The van der Waals surface area contributed by atoms with Crippen molar-refractivity contribution >= 4 is 0 Å². The summed E-state index contributed by atoms with van der Waals surface area (Å²) in [6.45, 7) is 5.23. The van der Waals surface area contributed by atoms with E-state index in [-0.39, 0.29) is 6.04 Å². The molecule has 5 nitrogen and oxygen atoms in total. The Kier molecular flexibility index (Phi) is 8.50. The van der Waals surface area contributed by atoms with Crippen molar-refractivity contribution in [3.8, 4) is 5.75 Å². The van der Waals surface area contributed by atoms with Crippen molar-refractivity contribution in [2.45, 2.75) is 18.8 Å². The molecule has 1 aliphatic rings. The highest BCUT2D eigenvalue weighted by molar-refractivity contribution is 5.32. The third-order valence-electron chi connectivity index (χ3n) is 6.18. The lowest BCUT2D eigenvalue weighted by atomic mass is 9.96. The highest BCUT2D eigenvalue weighted by atomic mass is 16.5. The van der Waals surface area contributed by atoms with Gasteiger partial charge in [-0.1, -0.05) is 72.8 Å². The van der Waals surface area contributed by atoms with Gasteiger partial charge in [0.25, 0.3) is 0 Å². The van der Waals surface area contributed by atoms with Gasteiger partial charge in [-0.25, -0.2) is 0 Å². The quantitative estimate of drug-likeness (QED) is 0.510. The molecule has 1 unspecified atom stereocenters. The first kappa shape index (κ1) is 23.5. The number of aliphatic hydroxyl groups excluding tert-OH is 1. The Morgan fingerprint density at radius 3 is 2.06 bits per heavy atom. The Hall–Kier alpha value is -2.70. The molecule has 0 spiro atoms. The molecule has 0 radical (unpaired) electrons. The maximum absolute atomic E-state index is 10.5. The number of piperazine rings is 1. The normalized spacial score (nSPS) is 16.1. The lowest BCUT2D eigenvalue weighted by Crippen LogP contribution is -2.50. The third-order valence-corrected chi connectivity index (χ3v) is 6.18. The van der Waals surface area contributed by atoms with E-state index in [1.807, 2.05) is 24.3 Å². The van der Waals surface area contributed by atoms with E-state index < -0.39 is 6.10 Å². The van der Waals surface area contributed by atoms with Crippen molar-refractivity contribution in [3.05, 3.63) is 102 Å². The number of aliphatic hydroxyl groups is 1. The zero-order valence-electron chi connectivity index (χ0n) is 19.3. The predicted octanol–water partition coefficient (Wildman–Crippen LogP) is 3.98. The fraction of sp³-hybridized carbons (Fsp3) is 0.357. The van der Waals surface area contributed by atoms with Crippen LogP contribution < -0.4 is 4.74 Å². The number of rotatable bonds is 10. The first-order valence-corrected chi connectivity index (χ1v) is 11.7. The first-order chi connectivity index (χ1) is 16.2. The Morgan fingerprint density at radius 1 is 0.818 bits per heavy atom. The number of nitrogens with zero attached hydrogens (tertiary/aromatic N) is 2. The molecule has 0 aliphatic carbocycles. The molecule has 3 aromatic carbocycles. The van der Waals surface area contributed by atoms with E-state index in [4.69, 9.17) is 9.47 Å². The minimum absolute atomic E-state index is 0.255. The molecule has 5 heteroatoms. The molecule has 3 aromatic rings. The van der Waals surface area contributed by atoms with Crippen LogP contribution in [-0.2, 0) is 11.3 Å². The summed E-state index contributed by atoms with van der Waals surface area (Å²) in [6.07, 6.45) is -0.499. The number of benzene rings is 3. The maximum atomic E-state index is 10.5. The summed E-state index contributed by atoms with van der Waals surface area (Å²) in [5.74, 6) is 0.818. The number of β-amino-alcohol motifs (C(OH)–C–C–N with tert-alkyl or cyclic N) is 1. The molecule has 0 saturated carbocycles. The molecule has 1 heterocycles. The van der Waals surface area contributed by atoms with Crippen LogP contribution in [0.3, 0.4) is 0 Å². The average molecular weight is 447 g/mol. The second-order valence-electron chi connectivity index (χ2n) is 8.58. The van der Waals surface area contributed by atoms with Crippen molar-refractivity contribution in [3.63, 3.8) is 0 Å². The summed E-state index contributed by atoms with van der Waals surface area (Å²) in [7, 11) is 1.66. The molecule has 1 aliphatic heterocycles. The van der Waals surface area contributed by atoms with Crippen LogP contribution in [0.4, 0.5) is 0 Å². The zero-order chi connectivity index (χ0) is 22.9. The first-order valence-electron chi connectivity index (χ1n) is 11.7. The van der Waals surface area contributed by atoms with Crippen LogP contribution in [0.15, 0.2) is 84.9 Å². The largest absolute Gasteiger partial charge is 0.497 e. The van der Waals surface area contributed by atoms with Crippen molar-refractivity contribution in [2.24, 2.45) is 0 Å². The molecule has 1 fully saturated rings. The molecule has 1 saturated heterocycles. The second-order valence-corrected chi connectivity index (χ2v) is 8.58. The van der Waals surface area contributed by atoms with Gasteiger partial charge in [0.15, 0.2) is 0 Å². The molecule has 0 bridgehead atoms. The summed E-state index contributed by atoms with van der Waals surface area (Å²) in [5.41, 5.74) is 3.69. The SMILES string of the molecule is COc1cccc(COCC(O)CN2CCN(C(c3ccccc3)c3ccccc3)CC2)c1. The van der Waals surface area contributed by atoms with Gasteiger partial charge in [-0.05, 0) is 28.8 Å². The molecular weight excluding hydrogens is 412 g/mol. The minimum Gasteiger partial charge on any atom is -0.497 e. The Bertz CT molecular complexity index is 920. The summed E-state index contributed by atoms with van der Waals surface area (Å²) in [6, 6.07) is 29.5. The fourth-order valence-corrected chi connectivity index (χ4v) is 4.51. The lowest BCUT2D eigenvalue weighted by molar-refractivity contribution is -0.000733. The van der Waals surface area contributed by atoms with Gasteiger partial charge in [0.05, 0.1) is 32.5 Å². The van der Waals surface area contributed by atoms with Crippen LogP contribution in [0.1, 0.15) is 22.7 Å². The van der Waals surface area contributed by atoms with Crippen LogP contribution in [-0.4, -0.2) is 67.5 Å². The van der Waals surface area contributed by atoms with Crippen LogP contribution >= 0.6 is 0 Å². The van der Waals surface area contributed by atoms with Gasteiger partial charge in [0.1, 0.15) is 5.75 Å². The van der Waals surface area contributed by atoms with Gasteiger partial charge in [-0.3, -0.25) is 9.80 Å². The van der Waals surface area contributed by atoms with Crippen LogP contribution in [0.5, 0.6) is 5.75 Å². The number of hydrogen-bond acceptors (Lipinski definition) is 5. The molecular formula is C28H34N2O3. The van der Waals surface area contributed by atoms with Gasteiger partial charge < -0.3 is 14.6 Å². The lowest BCUT2D eigenvalue weighted by Gasteiger charge is -2.40. The smallest absolute Gasteiger partial charge is 0.119 e. The monoisotopic (exact) mass is 446 g/mol. The van der Waals surface area contributed by atoms with Crippen LogP contribution in [0, 0.1) is 0 Å². The van der Waals surface area contributed by atoms with Gasteiger partial charge in [-0.15, -0.1) is 0 Å². The van der Waals surface area contributed by atoms with Gasteiger partial charge in [0, 0.05) is 32.7 Å². The number of methoxy groups -OCH3 is 1. The summed E-state index contributed by atoms with van der Waals surface area (Å²) in [4.78, 5) is 4.88. The van der Waals surface area contributed by atoms with Gasteiger partial charge >= 0.3 is 0 Å². The van der Waals surface area contributed by atoms with Crippen molar-refractivity contribution in [1.82, 2.24) is 9.80 Å².